The third kappa shape index (κ3) is 22.8. The van der Waals surface area contributed by atoms with E-state index >= 15 is 0 Å². The molecule has 0 aliphatic rings. The number of rotatable bonds is 4. The Morgan fingerprint density at radius 1 is 1.00 bits per heavy atom. The van der Waals surface area contributed by atoms with Crippen LogP contribution >= 0.6 is 0 Å². The summed E-state index contributed by atoms with van der Waals surface area (Å²) in [5, 5.41) is 0. The van der Waals surface area contributed by atoms with Gasteiger partial charge in [0.15, 0.2) is 0 Å². The molecule has 0 rings (SSSR count). The highest BCUT2D eigenvalue weighted by Crippen LogP contribution is 1.75. The smallest absolute Gasteiger partial charge is 0.330 e. The van der Waals surface area contributed by atoms with E-state index in [2.05, 4.69) is 34.3 Å². The zero-order valence-corrected chi connectivity index (χ0v) is 9.77. The molecule has 0 saturated carbocycles. The van der Waals surface area contributed by atoms with E-state index in [1.165, 1.54) is 0 Å². The van der Waals surface area contributed by atoms with Crippen LogP contribution in [0.4, 0.5) is 0 Å². The van der Waals surface area contributed by atoms with E-state index in [-0.39, 0.29) is 11.9 Å². The Morgan fingerprint density at radius 3 is 1.31 bits per heavy atom. The lowest BCUT2D eigenvalue weighted by molar-refractivity contribution is -0.138. The van der Waals surface area contributed by atoms with Gasteiger partial charge in [0, 0.05) is 12.2 Å². The minimum Gasteiger partial charge on any atom is -0.463 e. The highest BCUT2D eigenvalue weighted by Gasteiger charge is 1.87. The molecule has 16 heavy (non-hydrogen) atoms. The number of hydrogen-bond acceptors (Lipinski definition) is 6. The number of carbonyl (C=O) groups excluding carboxylic acids is 2. The molecular weight excluding hydrogens is 212 g/mol. The first kappa shape index (κ1) is 19.8. The van der Waals surface area contributed by atoms with Crippen molar-refractivity contribution in [1.29, 1.82) is 0 Å². The van der Waals surface area contributed by atoms with Crippen molar-refractivity contribution < 1.29 is 19.1 Å². The average molecular weight is 232 g/mol. The molecule has 4 N–H and O–H groups in total. The molecule has 6 heteroatoms. The second-order valence-corrected chi connectivity index (χ2v) is 1.91. The minimum absolute atomic E-state index is 0.359. The average Bonchev–Trinajstić information content (AvgIpc) is 2.33. The monoisotopic (exact) mass is 232 g/mol. The number of ether oxygens (including phenoxy) is 2. The number of hydrogen-bond donors (Lipinski definition) is 2. The third-order valence-corrected chi connectivity index (χ3v) is 0.907. The Kier molecular flexibility index (Phi) is 23.6. The van der Waals surface area contributed by atoms with Gasteiger partial charge in [-0.3, -0.25) is 11.7 Å². The van der Waals surface area contributed by atoms with E-state index in [9.17, 15) is 9.59 Å². The molecule has 0 aromatic carbocycles. The van der Waals surface area contributed by atoms with Crippen LogP contribution in [0.1, 0.15) is 13.8 Å². The fourth-order valence-corrected chi connectivity index (χ4v) is 0.402. The Bertz CT molecular complexity index is 183. The molecule has 0 atom stereocenters. The molecule has 0 aromatic heterocycles. The molecule has 0 heterocycles. The Morgan fingerprint density at radius 2 is 1.25 bits per heavy atom. The molecular formula is C10H20N2O4. The summed E-state index contributed by atoms with van der Waals surface area (Å²) in [6, 6.07) is 0. The van der Waals surface area contributed by atoms with Gasteiger partial charge in [-0.05, 0) is 13.8 Å². The predicted molar refractivity (Wildman–Crippen MR) is 62.0 cm³/mol. The van der Waals surface area contributed by atoms with Crippen molar-refractivity contribution in [2.24, 2.45) is 11.7 Å². The maximum absolute atomic E-state index is 10.1. The van der Waals surface area contributed by atoms with Crippen molar-refractivity contribution in [2.75, 3.05) is 13.2 Å². The van der Waals surface area contributed by atoms with Crippen LogP contribution < -0.4 is 11.7 Å². The van der Waals surface area contributed by atoms with E-state index in [1.54, 1.807) is 13.8 Å². The molecule has 0 radical (unpaired) electrons. The van der Waals surface area contributed by atoms with Crippen LogP contribution in [0.2, 0.25) is 0 Å². The topological polar surface area (TPSA) is 105 Å². The first-order valence-corrected chi connectivity index (χ1v) is 4.54. The maximum Gasteiger partial charge on any atom is 0.330 e. The van der Waals surface area contributed by atoms with Gasteiger partial charge < -0.3 is 9.47 Å². The molecule has 94 valence electrons. The molecule has 0 aliphatic carbocycles. The van der Waals surface area contributed by atoms with Crippen molar-refractivity contribution in [3.8, 4) is 0 Å². The van der Waals surface area contributed by atoms with Gasteiger partial charge in [-0.15, -0.1) is 0 Å². The Labute approximate surface area is 95.9 Å². The number of esters is 2. The Hall–Kier alpha value is -1.66. The van der Waals surface area contributed by atoms with Crippen molar-refractivity contribution in [3.63, 3.8) is 0 Å². The summed E-state index contributed by atoms with van der Waals surface area (Å²) in [7, 11) is 0. The van der Waals surface area contributed by atoms with Crippen molar-refractivity contribution in [1.82, 2.24) is 0 Å². The van der Waals surface area contributed by atoms with E-state index in [1.807, 2.05) is 0 Å². The molecule has 0 aromatic rings. The number of hydrazine groups is 1. The lowest BCUT2D eigenvalue weighted by atomic mass is 10.6. The van der Waals surface area contributed by atoms with Gasteiger partial charge in [-0.2, -0.15) is 0 Å². The first-order chi connectivity index (χ1) is 7.62. The molecule has 0 amide bonds. The maximum atomic E-state index is 10.1. The molecule has 0 saturated heterocycles. The molecule has 6 nitrogen and oxygen atoms in total. The lowest BCUT2D eigenvalue weighted by Gasteiger charge is -1.90. The van der Waals surface area contributed by atoms with Gasteiger partial charge >= 0.3 is 11.9 Å². The molecule has 0 aliphatic heterocycles. The summed E-state index contributed by atoms with van der Waals surface area (Å²) < 4.78 is 8.87. The summed E-state index contributed by atoms with van der Waals surface area (Å²) in [6.45, 7) is 10.8. The zero-order valence-electron chi connectivity index (χ0n) is 9.77. The van der Waals surface area contributed by atoms with Gasteiger partial charge in [0.25, 0.3) is 0 Å². The van der Waals surface area contributed by atoms with Crippen molar-refractivity contribution in [3.05, 3.63) is 25.3 Å². The van der Waals surface area contributed by atoms with E-state index in [4.69, 9.17) is 0 Å². The van der Waals surface area contributed by atoms with Crippen LogP contribution in [0.5, 0.6) is 0 Å². The van der Waals surface area contributed by atoms with Gasteiger partial charge in [-0.25, -0.2) is 9.59 Å². The van der Waals surface area contributed by atoms with Crippen LogP contribution in [0.25, 0.3) is 0 Å². The Balaban J connectivity index is -0.000000183. The predicted octanol–water partition coefficient (Wildman–Crippen LogP) is 0.290. The lowest BCUT2D eigenvalue weighted by Crippen LogP contribution is -2.02. The molecule has 0 spiro atoms. The second-order valence-electron chi connectivity index (χ2n) is 1.91. The normalized spacial score (nSPS) is 7.00. The van der Waals surface area contributed by atoms with Crippen molar-refractivity contribution >= 4 is 11.9 Å². The summed E-state index contributed by atoms with van der Waals surface area (Å²) in [6.07, 6.45) is 2.28. The first-order valence-electron chi connectivity index (χ1n) is 4.54. The van der Waals surface area contributed by atoms with Gasteiger partial charge in [-0.1, -0.05) is 13.2 Å². The minimum atomic E-state index is -0.359. The fraction of sp³-hybridized carbons (Fsp3) is 0.400. The van der Waals surface area contributed by atoms with E-state index in [0.717, 1.165) is 12.2 Å². The SMILES string of the molecule is C=CC(=O)OCC.C=CC(=O)OCC.NN. The third-order valence-electron chi connectivity index (χ3n) is 0.907. The van der Waals surface area contributed by atoms with Crippen LogP contribution in [0, 0.1) is 0 Å². The summed E-state index contributed by atoms with van der Waals surface area (Å²) >= 11 is 0. The zero-order chi connectivity index (χ0) is 13.4. The van der Waals surface area contributed by atoms with Crippen molar-refractivity contribution in [2.45, 2.75) is 13.8 Å². The highest BCUT2D eigenvalue weighted by atomic mass is 16.5. The number of nitrogens with two attached hydrogens (primary N) is 2. The standard InChI is InChI=1S/2C5H8O2.H4N2/c2*1-3-5(6)7-4-2;1-2/h2*3H,1,4H2,2H3;1-2H2. The van der Waals surface area contributed by atoms with Crippen LogP contribution in [-0.2, 0) is 19.1 Å². The summed E-state index contributed by atoms with van der Waals surface area (Å²) in [5.41, 5.74) is 0. The van der Waals surface area contributed by atoms with Crippen LogP contribution in [0.3, 0.4) is 0 Å². The van der Waals surface area contributed by atoms with Gasteiger partial charge in [0.05, 0.1) is 13.2 Å². The highest BCUT2D eigenvalue weighted by molar-refractivity contribution is 5.81. The number of carbonyl (C=O) groups is 2. The molecule has 0 bridgehead atoms. The molecule has 0 unspecified atom stereocenters. The van der Waals surface area contributed by atoms with Gasteiger partial charge in [0.2, 0.25) is 0 Å². The van der Waals surface area contributed by atoms with E-state index in [0.29, 0.717) is 13.2 Å². The second kappa shape index (κ2) is 19.0. The fourth-order valence-electron chi connectivity index (χ4n) is 0.402. The summed E-state index contributed by atoms with van der Waals surface area (Å²) in [4.78, 5) is 20.1. The summed E-state index contributed by atoms with van der Waals surface area (Å²) in [5.74, 6) is 7.28. The molecule has 0 fully saturated rings. The quantitative estimate of drug-likeness (QED) is 0.312. The van der Waals surface area contributed by atoms with Crippen LogP contribution in [-0.4, -0.2) is 25.2 Å². The van der Waals surface area contributed by atoms with Gasteiger partial charge in [0.1, 0.15) is 0 Å². The van der Waals surface area contributed by atoms with E-state index < -0.39 is 0 Å². The largest absolute Gasteiger partial charge is 0.463 e. The van der Waals surface area contributed by atoms with Crippen LogP contribution in [0.15, 0.2) is 25.3 Å².